The Morgan fingerprint density at radius 2 is 1.93 bits per heavy atom. The Kier molecular flexibility index (Phi) is 7.22. The van der Waals surface area contributed by atoms with E-state index >= 15 is 0 Å². The van der Waals surface area contributed by atoms with Gasteiger partial charge in [-0.2, -0.15) is 0 Å². The lowest BCUT2D eigenvalue weighted by atomic mass is 10.1. The Morgan fingerprint density at radius 1 is 1.17 bits per heavy atom. The van der Waals surface area contributed by atoms with Crippen molar-refractivity contribution in [1.82, 2.24) is 10.6 Å². The predicted octanol–water partition coefficient (Wildman–Crippen LogP) is 2.75. The van der Waals surface area contributed by atoms with Crippen LogP contribution in [-0.4, -0.2) is 59.9 Å². The van der Waals surface area contributed by atoms with Gasteiger partial charge in [-0.05, 0) is 42.7 Å². The highest BCUT2D eigenvalue weighted by Gasteiger charge is 2.25. The van der Waals surface area contributed by atoms with E-state index in [0.717, 1.165) is 49.9 Å². The SMILES string of the molecule is CN=C(NCCc1ccc(N(C)C)cc1)NC1CCN(c2ccccc2OC)C1. The zero-order chi connectivity index (χ0) is 20.6. The topological polar surface area (TPSA) is 52.1 Å². The number of hydrogen-bond acceptors (Lipinski definition) is 4. The molecule has 1 saturated heterocycles. The molecule has 1 heterocycles. The third-order valence-corrected chi connectivity index (χ3v) is 5.34. The van der Waals surface area contributed by atoms with Crippen LogP contribution in [0.2, 0.25) is 0 Å². The van der Waals surface area contributed by atoms with Crippen LogP contribution in [0.3, 0.4) is 0 Å². The molecule has 156 valence electrons. The highest BCUT2D eigenvalue weighted by atomic mass is 16.5. The zero-order valence-electron chi connectivity index (χ0n) is 18.0. The van der Waals surface area contributed by atoms with E-state index in [9.17, 15) is 0 Å². The van der Waals surface area contributed by atoms with Crippen LogP contribution < -0.4 is 25.2 Å². The minimum Gasteiger partial charge on any atom is -0.495 e. The van der Waals surface area contributed by atoms with Crippen LogP contribution in [-0.2, 0) is 6.42 Å². The van der Waals surface area contributed by atoms with E-state index in [0.29, 0.717) is 6.04 Å². The summed E-state index contributed by atoms with van der Waals surface area (Å²) in [7, 11) is 7.67. The van der Waals surface area contributed by atoms with Gasteiger partial charge in [-0.1, -0.05) is 24.3 Å². The van der Waals surface area contributed by atoms with E-state index in [-0.39, 0.29) is 0 Å². The number of guanidine groups is 1. The molecule has 2 aromatic carbocycles. The molecule has 0 spiro atoms. The van der Waals surface area contributed by atoms with Gasteiger partial charge in [0, 0.05) is 52.5 Å². The fourth-order valence-corrected chi connectivity index (χ4v) is 3.66. The quantitative estimate of drug-likeness (QED) is 0.558. The third kappa shape index (κ3) is 5.56. The van der Waals surface area contributed by atoms with Crippen molar-refractivity contribution in [1.29, 1.82) is 0 Å². The maximum absolute atomic E-state index is 5.51. The van der Waals surface area contributed by atoms with Crippen molar-refractivity contribution in [3.8, 4) is 5.75 Å². The van der Waals surface area contributed by atoms with Gasteiger partial charge in [-0.15, -0.1) is 0 Å². The first-order chi connectivity index (χ1) is 14.1. The maximum Gasteiger partial charge on any atom is 0.191 e. The van der Waals surface area contributed by atoms with Crippen LogP contribution in [0.1, 0.15) is 12.0 Å². The number of hydrogen-bond donors (Lipinski definition) is 2. The average Bonchev–Trinajstić information content (AvgIpc) is 3.21. The molecule has 6 nitrogen and oxygen atoms in total. The third-order valence-electron chi connectivity index (χ3n) is 5.34. The van der Waals surface area contributed by atoms with Gasteiger partial charge >= 0.3 is 0 Å². The summed E-state index contributed by atoms with van der Waals surface area (Å²) in [4.78, 5) is 8.88. The van der Waals surface area contributed by atoms with Crippen LogP contribution in [0.4, 0.5) is 11.4 Å². The first-order valence-corrected chi connectivity index (χ1v) is 10.2. The molecular formula is C23H33N5O. The van der Waals surface area contributed by atoms with Gasteiger partial charge in [0.25, 0.3) is 0 Å². The molecule has 29 heavy (non-hydrogen) atoms. The first kappa shape index (κ1) is 20.8. The van der Waals surface area contributed by atoms with E-state index in [1.807, 2.05) is 19.2 Å². The molecule has 1 aliphatic rings. The summed E-state index contributed by atoms with van der Waals surface area (Å²) >= 11 is 0. The van der Waals surface area contributed by atoms with E-state index in [2.05, 4.69) is 75.9 Å². The van der Waals surface area contributed by atoms with Crippen molar-refractivity contribution in [2.45, 2.75) is 18.9 Å². The van der Waals surface area contributed by atoms with Gasteiger partial charge in [0.2, 0.25) is 0 Å². The van der Waals surface area contributed by atoms with Crippen LogP contribution in [0.5, 0.6) is 5.75 Å². The number of aliphatic imine (C=N–C) groups is 1. The Bertz CT molecular complexity index is 803. The number of ether oxygens (including phenoxy) is 1. The number of nitrogens with zero attached hydrogens (tertiary/aromatic N) is 3. The van der Waals surface area contributed by atoms with E-state index in [4.69, 9.17) is 4.74 Å². The summed E-state index contributed by atoms with van der Waals surface area (Å²) in [6.45, 7) is 2.80. The molecule has 0 aromatic heterocycles. The second-order valence-corrected chi connectivity index (χ2v) is 7.56. The van der Waals surface area contributed by atoms with E-state index < -0.39 is 0 Å². The first-order valence-electron chi connectivity index (χ1n) is 10.2. The lowest BCUT2D eigenvalue weighted by Crippen LogP contribution is -2.45. The van der Waals surface area contributed by atoms with Crippen LogP contribution >= 0.6 is 0 Å². The van der Waals surface area contributed by atoms with Gasteiger partial charge in [-0.3, -0.25) is 4.99 Å². The molecule has 1 atom stereocenters. The minimum atomic E-state index is 0.366. The molecule has 1 unspecified atom stereocenters. The van der Waals surface area contributed by atoms with Gasteiger partial charge in [0.05, 0.1) is 12.8 Å². The molecule has 0 saturated carbocycles. The summed E-state index contributed by atoms with van der Waals surface area (Å²) < 4.78 is 5.51. The van der Waals surface area contributed by atoms with Crippen LogP contribution in [0.25, 0.3) is 0 Å². The van der Waals surface area contributed by atoms with Crippen molar-refractivity contribution < 1.29 is 4.74 Å². The van der Waals surface area contributed by atoms with Crippen LogP contribution in [0.15, 0.2) is 53.5 Å². The Morgan fingerprint density at radius 3 is 2.62 bits per heavy atom. The lowest BCUT2D eigenvalue weighted by molar-refractivity contribution is 0.415. The Hall–Kier alpha value is -2.89. The smallest absolute Gasteiger partial charge is 0.191 e. The van der Waals surface area contributed by atoms with Gasteiger partial charge in [-0.25, -0.2) is 0 Å². The second kappa shape index (κ2) is 10.0. The normalized spacial score (nSPS) is 16.6. The van der Waals surface area contributed by atoms with Crippen molar-refractivity contribution in [3.05, 3.63) is 54.1 Å². The number of rotatable bonds is 7. The maximum atomic E-state index is 5.51. The van der Waals surface area contributed by atoms with Crippen molar-refractivity contribution >= 4 is 17.3 Å². The number of methoxy groups -OCH3 is 1. The lowest BCUT2D eigenvalue weighted by Gasteiger charge is -2.22. The second-order valence-electron chi connectivity index (χ2n) is 7.56. The average molecular weight is 396 g/mol. The molecule has 0 amide bonds. The summed E-state index contributed by atoms with van der Waals surface area (Å²) in [5.41, 5.74) is 3.70. The Labute approximate surface area is 174 Å². The number of para-hydroxylation sites is 2. The largest absolute Gasteiger partial charge is 0.495 e. The standard InChI is InChI=1S/C23H33N5O/c1-24-23(25-15-13-18-9-11-20(12-10-18)27(2)3)26-19-14-16-28(17-19)21-7-5-6-8-22(21)29-4/h5-12,19H,13-17H2,1-4H3,(H2,24,25,26). The van der Waals surface area contributed by atoms with Crippen molar-refractivity contribution in [3.63, 3.8) is 0 Å². The number of nitrogens with one attached hydrogen (secondary N) is 2. The number of anilines is 2. The fraction of sp³-hybridized carbons (Fsp3) is 0.435. The monoisotopic (exact) mass is 395 g/mol. The molecule has 1 aliphatic heterocycles. The summed E-state index contributed by atoms with van der Waals surface area (Å²) in [6, 6.07) is 17.3. The van der Waals surface area contributed by atoms with E-state index in [1.54, 1.807) is 7.11 Å². The summed E-state index contributed by atoms with van der Waals surface area (Å²) in [5, 5.41) is 7.01. The Balaban J connectivity index is 1.47. The summed E-state index contributed by atoms with van der Waals surface area (Å²) in [6.07, 6.45) is 2.04. The van der Waals surface area contributed by atoms with Gasteiger partial charge in [0.1, 0.15) is 5.75 Å². The van der Waals surface area contributed by atoms with Crippen molar-refractivity contribution in [2.75, 3.05) is 57.7 Å². The molecule has 0 bridgehead atoms. The molecule has 2 aromatic rings. The van der Waals surface area contributed by atoms with Crippen molar-refractivity contribution in [2.24, 2.45) is 4.99 Å². The molecule has 3 rings (SSSR count). The molecular weight excluding hydrogens is 362 g/mol. The molecule has 2 N–H and O–H groups in total. The van der Waals surface area contributed by atoms with Gasteiger partial charge in [0.15, 0.2) is 5.96 Å². The minimum absolute atomic E-state index is 0.366. The molecule has 1 fully saturated rings. The number of benzene rings is 2. The summed E-state index contributed by atoms with van der Waals surface area (Å²) in [5.74, 6) is 1.79. The molecule has 6 heteroatoms. The highest BCUT2D eigenvalue weighted by molar-refractivity contribution is 5.80. The van der Waals surface area contributed by atoms with E-state index in [1.165, 1.54) is 11.3 Å². The zero-order valence-corrected chi connectivity index (χ0v) is 18.0. The highest BCUT2D eigenvalue weighted by Crippen LogP contribution is 2.30. The van der Waals surface area contributed by atoms with Gasteiger partial charge < -0.3 is 25.2 Å². The fourth-order valence-electron chi connectivity index (χ4n) is 3.66. The van der Waals surface area contributed by atoms with Crippen LogP contribution in [0, 0.1) is 0 Å². The predicted molar refractivity (Wildman–Crippen MR) is 123 cm³/mol. The molecule has 0 aliphatic carbocycles. The molecule has 0 radical (unpaired) electrons.